The number of fused-ring (bicyclic) bond motifs is 2. The molecule has 35 heavy (non-hydrogen) atoms. The maximum Gasteiger partial charge on any atom is 0.338 e. The largest absolute Gasteiger partial charge is 0.496 e. The summed E-state index contributed by atoms with van der Waals surface area (Å²) < 4.78 is 18.9. The van der Waals surface area contributed by atoms with Crippen LogP contribution >= 0.6 is 11.3 Å². The molecule has 0 saturated carbocycles. The molecule has 0 spiro atoms. The summed E-state index contributed by atoms with van der Waals surface area (Å²) in [4.78, 5) is 32.2. The minimum atomic E-state index is -0.771. The fourth-order valence-corrected chi connectivity index (χ4v) is 5.49. The van der Waals surface area contributed by atoms with Crippen molar-refractivity contribution in [2.75, 3.05) is 13.7 Å². The van der Waals surface area contributed by atoms with Gasteiger partial charge >= 0.3 is 5.97 Å². The number of furan rings is 1. The second-order valence-corrected chi connectivity index (χ2v) is 9.16. The maximum absolute atomic E-state index is 13.8. The number of benzene rings is 2. The van der Waals surface area contributed by atoms with Crippen molar-refractivity contribution in [3.63, 3.8) is 0 Å². The Morgan fingerprint density at radius 3 is 2.69 bits per heavy atom. The van der Waals surface area contributed by atoms with Crippen molar-refractivity contribution in [3.8, 4) is 5.75 Å². The molecule has 0 bridgehead atoms. The Hall–Kier alpha value is -3.91. The zero-order chi connectivity index (χ0) is 24.7. The van der Waals surface area contributed by atoms with Crippen LogP contribution in [-0.2, 0) is 9.53 Å². The summed E-state index contributed by atoms with van der Waals surface area (Å²) in [6.07, 6.45) is 1.71. The van der Waals surface area contributed by atoms with Crippen LogP contribution in [0.2, 0.25) is 0 Å². The lowest BCUT2D eigenvalue weighted by Crippen LogP contribution is -2.40. The van der Waals surface area contributed by atoms with E-state index in [1.807, 2.05) is 55.5 Å². The average molecular weight is 489 g/mol. The van der Waals surface area contributed by atoms with E-state index in [1.165, 1.54) is 11.3 Å². The number of methoxy groups -OCH3 is 1. The number of nitrogens with zero attached hydrogens (tertiary/aromatic N) is 2. The number of ether oxygens (including phenoxy) is 2. The van der Waals surface area contributed by atoms with Crippen LogP contribution in [0.3, 0.4) is 0 Å². The van der Waals surface area contributed by atoms with Gasteiger partial charge in [-0.2, -0.15) is 0 Å². The van der Waals surface area contributed by atoms with Crippen LogP contribution in [0.15, 0.2) is 74.0 Å². The van der Waals surface area contributed by atoms with Gasteiger partial charge in [0.05, 0.1) is 29.5 Å². The van der Waals surface area contributed by atoms with Gasteiger partial charge in [-0.05, 0) is 49.7 Å². The van der Waals surface area contributed by atoms with Gasteiger partial charge in [0, 0.05) is 11.6 Å². The minimum absolute atomic E-state index is 0.206. The summed E-state index contributed by atoms with van der Waals surface area (Å²) in [6.45, 7) is 5.57. The predicted molar refractivity (Wildman–Crippen MR) is 134 cm³/mol. The van der Waals surface area contributed by atoms with E-state index >= 15 is 0 Å². The second-order valence-electron chi connectivity index (χ2n) is 8.15. The van der Waals surface area contributed by atoms with Crippen LogP contribution in [0.4, 0.5) is 0 Å². The van der Waals surface area contributed by atoms with Crippen LogP contribution in [0.25, 0.3) is 16.8 Å². The molecule has 8 heteroatoms. The van der Waals surface area contributed by atoms with Gasteiger partial charge in [0.15, 0.2) is 4.80 Å². The molecule has 0 amide bonds. The van der Waals surface area contributed by atoms with Crippen LogP contribution in [0, 0.1) is 6.92 Å². The first-order valence-electron chi connectivity index (χ1n) is 11.2. The predicted octanol–water partition coefficient (Wildman–Crippen LogP) is 3.86. The van der Waals surface area contributed by atoms with Crippen molar-refractivity contribution in [2.24, 2.45) is 4.99 Å². The van der Waals surface area contributed by atoms with Gasteiger partial charge in [-0.3, -0.25) is 9.36 Å². The maximum atomic E-state index is 13.8. The highest BCUT2D eigenvalue weighted by Crippen LogP contribution is 2.40. The van der Waals surface area contributed by atoms with Gasteiger partial charge in [-0.25, -0.2) is 9.79 Å². The average Bonchev–Trinajstić information content (AvgIpc) is 3.39. The van der Waals surface area contributed by atoms with Crippen molar-refractivity contribution in [1.29, 1.82) is 0 Å². The van der Waals surface area contributed by atoms with E-state index in [4.69, 9.17) is 13.9 Å². The molecule has 1 unspecified atom stereocenters. The van der Waals surface area contributed by atoms with Crippen LogP contribution in [0.1, 0.15) is 37.0 Å². The van der Waals surface area contributed by atoms with Crippen LogP contribution in [-0.4, -0.2) is 24.3 Å². The number of hydrogen-bond acceptors (Lipinski definition) is 7. The quantitative estimate of drug-likeness (QED) is 0.399. The SMILES string of the molecule is CCOC(=O)C1=C(C)N=c2s/c(=C\c3ccc(C)o3)c(=O)n2C1c1c(OC)ccc2ccccc12. The van der Waals surface area contributed by atoms with E-state index in [0.29, 0.717) is 37.7 Å². The monoisotopic (exact) mass is 488 g/mol. The van der Waals surface area contributed by atoms with Gasteiger partial charge in [0.1, 0.15) is 23.3 Å². The van der Waals surface area contributed by atoms with E-state index in [2.05, 4.69) is 4.99 Å². The van der Waals surface area contributed by atoms with Gasteiger partial charge in [0.2, 0.25) is 0 Å². The molecule has 0 saturated heterocycles. The van der Waals surface area contributed by atoms with Crippen LogP contribution < -0.4 is 19.6 Å². The van der Waals surface area contributed by atoms with E-state index in [0.717, 1.165) is 16.5 Å². The summed E-state index contributed by atoms with van der Waals surface area (Å²) in [7, 11) is 1.58. The minimum Gasteiger partial charge on any atom is -0.496 e. The molecule has 2 aromatic carbocycles. The number of aryl methyl sites for hydroxylation is 1. The zero-order valence-corrected chi connectivity index (χ0v) is 20.6. The van der Waals surface area contributed by atoms with E-state index < -0.39 is 12.0 Å². The Bertz CT molecular complexity index is 1670. The Morgan fingerprint density at radius 2 is 1.97 bits per heavy atom. The fourth-order valence-electron chi connectivity index (χ4n) is 4.46. The van der Waals surface area contributed by atoms with Gasteiger partial charge < -0.3 is 13.9 Å². The van der Waals surface area contributed by atoms with Crippen molar-refractivity contribution < 1.29 is 18.7 Å². The number of carbonyl (C=O) groups is 1. The zero-order valence-electron chi connectivity index (χ0n) is 19.8. The normalized spacial score (nSPS) is 15.8. The Morgan fingerprint density at radius 1 is 1.17 bits per heavy atom. The summed E-state index contributed by atoms with van der Waals surface area (Å²) in [5.74, 6) is 1.39. The van der Waals surface area contributed by atoms with E-state index in [1.54, 1.807) is 31.6 Å². The van der Waals surface area contributed by atoms with Crippen molar-refractivity contribution >= 4 is 34.2 Å². The van der Waals surface area contributed by atoms with Crippen molar-refractivity contribution in [3.05, 3.63) is 96.6 Å². The van der Waals surface area contributed by atoms with E-state index in [-0.39, 0.29) is 12.2 Å². The standard InChI is InChI=1S/C27H24N2O5S/c1-5-33-26(31)22-16(3)28-27-29(25(30)21(35-27)14-18-12-10-15(2)34-18)24(22)23-19-9-7-6-8-17(19)11-13-20(23)32-4/h6-14,24H,5H2,1-4H3/b21-14-. The Labute approximate surface area is 205 Å². The van der Waals surface area contributed by atoms with E-state index in [9.17, 15) is 9.59 Å². The first-order valence-corrected chi connectivity index (χ1v) is 12.1. The third-order valence-corrected chi connectivity index (χ3v) is 6.96. The first kappa shape index (κ1) is 22.9. The molecule has 0 radical (unpaired) electrons. The van der Waals surface area contributed by atoms with Crippen molar-refractivity contribution in [2.45, 2.75) is 26.8 Å². The molecular formula is C27H24N2O5S. The molecule has 178 valence electrons. The van der Waals surface area contributed by atoms with Gasteiger partial charge in [-0.1, -0.05) is 41.7 Å². The highest BCUT2D eigenvalue weighted by molar-refractivity contribution is 7.07. The molecule has 0 aliphatic carbocycles. The number of aromatic nitrogens is 1. The molecule has 0 N–H and O–H groups in total. The van der Waals surface area contributed by atoms with Gasteiger partial charge in [0.25, 0.3) is 5.56 Å². The number of hydrogen-bond donors (Lipinski definition) is 0. The van der Waals surface area contributed by atoms with Crippen molar-refractivity contribution in [1.82, 2.24) is 4.57 Å². The fraction of sp³-hybridized carbons (Fsp3) is 0.222. The number of thiazole rings is 1. The number of rotatable bonds is 5. The second kappa shape index (κ2) is 9.03. The lowest BCUT2D eigenvalue weighted by atomic mass is 9.90. The third-order valence-electron chi connectivity index (χ3n) is 5.98. The molecule has 1 aliphatic heterocycles. The molecule has 7 nitrogen and oxygen atoms in total. The number of esters is 1. The highest BCUT2D eigenvalue weighted by atomic mass is 32.1. The third kappa shape index (κ3) is 3.89. The highest BCUT2D eigenvalue weighted by Gasteiger charge is 2.36. The lowest BCUT2D eigenvalue weighted by Gasteiger charge is -2.27. The van der Waals surface area contributed by atoms with Gasteiger partial charge in [-0.15, -0.1) is 0 Å². The molecule has 4 aromatic rings. The molecule has 0 fully saturated rings. The molecule has 2 aromatic heterocycles. The lowest BCUT2D eigenvalue weighted by molar-refractivity contribution is -0.139. The smallest absolute Gasteiger partial charge is 0.338 e. The summed E-state index contributed by atoms with van der Waals surface area (Å²) in [5.41, 5.74) is 1.26. The Balaban J connectivity index is 1.86. The molecule has 1 aliphatic rings. The first-order chi connectivity index (χ1) is 16.9. The number of allylic oxidation sites excluding steroid dienone is 1. The Kier molecular flexibility index (Phi) is 5.90. The van der Waals surface area contributed by atoms with Crippen LogP contribution in [0.5, 0.6) is 5.75 Å². The molecule has 5 rings (SSSR count). The molecule has 1 atom stereocenters. The summed E-state index contributed by atoms with van der Waals surface area (Å²) >= 11 is 1.26. The summed E-state index contributed by atoms with van der Waals surface area (Å²) in [6, 6.07) is 14.5. The molecule has 3 heterocycles. The number of carbonyl (C=O) groups excluding carboxylic acids is 1. The molecular weight excluding hydrogens is 464 g/mol. The topological polar surface area (TPSA) is 83.0 Å². The summed E-state index contributed by atoms with van der Waals surface area (Å²) in [5, 5.41) is 1.85.